The molecular formula is C22H42N2O2. The first-order chi connectivity index (χ1) is 12.4. The van der Waals surface area contributed by atoms with Crippen LogP contribution < -0.4 is 0 Å². The van der Waals surface area contributed by atoms with Crippen LogP contribution in [-0.4, -0.2) is 46.8 Å². The van der Waals surface area contributed by atoms with Crippen molar-refractivity contribution in [2.45, 2.75) is 105 Å². The molecule has 26 heavy (non-hydrogen) atoms. The Morgan fingerprint density at radius 1 is 0.769 bits per heavy atom. The van der Waals surface area contributed by atoms with Crippen molar-refractivity contribution in [1.82, 2.24) is 9.80 Å². The summed E-state index contributed by atoms with van der Waals surface area (Å²) in [5, 5.41) is 0. The molecule has 0 radical (unpaired) electrons. The van der Waals surface area contributed by atoms with Crippen molar-refractivity contribution in [1.29, 1.82) is 0 Å². The smallest absolute Gasteiger partial charge is 0.226 e. The molecule has 0 unspecified atom stereocenters. The maximum atomic E-state index is 13.0. The summed E-state index contributed by atoms with van der Waals surface area (Å²) in [6.45, 7) is 14.1. The molecule has 4 nitrogen and oxygen atoms in total. The van der Waals surface area contributed by atoms with E-state index >= 15 is 0 Å². The van der Waals surface area contributed by atoms with Crippen molar-refractivity contribution in [3.63, 3.8) is 0 Å². The summed E-state index contributed by atoms with van der Waals surface area (Å²) in [7, 11) is 0. The highest BCUT2D eigenvalue weighted by atomic mass is 16.2. The Labute approximate surface area is 161 Å². The molecule has 1 aliphatic rings. The Bertz CT molecular complexity index is 398. The highest BCUT2D eigenvalue weighted by molar-refractivity contribution is 5.81. The minimum Gasteiger partial charge on any atom is -0.336 e. The highest BCUT2D eigenvalue weighted by Gasteiger charge is 2.37. The minimum atomic E-state index is 0.113. The number of amides is 2. The molecule has 1 heterocycles. The number of unbranched alkanes of at least 4 members (excludes halogenated alkanes) is 2. The molecule has 2 amide bonds. The summed E-state index contributed by atoms with van der Waals surface area (Å²) in [4.78, 5) is 30.1. The summed E-state index contributed by atoms with van der Waals surface area (Å²) < 4.78 is 0. The fourth-order valence-corrected chi connectivity index (χ4v) is 4.12. The lowest BCUT2D eigenvalue weighted by Crippen LogP contribution is -2.61. The van der Waals surface area contributed by atoms with E-state index < -0.39 is 0 Å². The second-order valence-electron chi connectivity index (χ2n) is 8.17. The number of piperazine rings is 1. The Morgan fingerprint density at radius 3 is 1.38 bits per heavy atom. The molecule has 0 saturated carbocycles. The SMILES string of the molecule is CCCC[C@H](CC)C(=O)N1C[C@H](C)N(C(=O)[C@@H](CC)CCCC)C[C@H]1C. The summed E-state index contributed by atoms with van der Waals surface area (Å²) in [6, 6.07) is 0.226. The molecule has 0 aromatic heterocycles. The van der Waals surface area contributed by atoms with Crippen LogP contribution in [0.3, 0.4) is 0 Å². The first kappa shape index (κ1) is 23.0. The Kier molecular flexibility index (Phi) is 10.3. The average molecular weight is 367 g/mol. The Hall–Kier alpha value is -1.06. The van der Waals surface area contributed by atoms with Gasteiger partial charge in [0.2, 0.25) is 11.8 Å². The molecule has 0 bridgehead atoms. The third-order valence-corrected chi connectivity index (χ3v) is 6.05. The lowest BCUT2D eigenvalue weighted by molar-refractivity contribution is -0.151. The lowest BCUT2D eigenvalue weighted by atomic mass is 9.94. The minimum absolute atomic E-state index is 0.113. The molecule has 0 aromatic rings. The molecule has 1 aliphatic heterocycles. The zero-order chi connectivity index (χ0) is 19.7. The molecule has 1 fully saturated rings. The van der Waals surface area contributed by atoms with E-state index in [1.54, 1.807) is 0 Å². The van der Waals surface area contributed by atoms with Crippen LogP contribution in [0, 0.1) is 11.8 Å². The topological polar surface area (TPSA) is 40.6 Å². The van der Waals surface area contributed by atoms with Gasteiger partial charge in [-0.15, -0.1) is 0 Å². The van der Waals surface area contributed by atoms with Crippen LogP contribution in [0.2, 0.25) is 0 Å². The van der Waals surface area contributed by atoms with E-state index in [1.165, 1.54) is 0 Å². The zero-order valence-corrected chi connectivity index (χ0v) is 18.1. The predicted molar refractivity (Wildman–Crippen MR) is 109 cm³/mol. The number of hydrogen-bond acceptors (Lipinski definition) is 2. The van der Waals surface area contributed by atoms with Gasteiger partial charge in [0.05, 0.1) is 0 Å². The number of nitrogens with zero attached hydrogens (tertiary/aromatic N) is 2. The molecule has 152 valence electrons. The van der Waals surface area contributed by atoms with Crippen LogP contribution in [0.5, 0.6) is 0 Å². The van der Waals surface area contributed by atoms with Crippen molar-refractivity contribution >= 4 is 11.8 Å². The Morgan fingerprint density at radius 2 is 1.12 bits per heavy atom. The second kappa shape index (κ2) is 11.6. The summed E-state index contributed by atoms with van der Waals surface area (Å²) >= 11 is 0. The second-order valence-corrected chi connectivity index (χ2v) is 8.17. The van der Waals surface area contributed by atoms with Crippen molar-refractivity contribution < 1.29 is 9.59 Å². The van der Waals surface area contributed by atoms with E-state index in [2.05, 4.69) is 41.5 Å². The van der Waals surface area contributed by atoms with Crippen molar-refractivity contribution in [3.05, 3.63) is 0 Å². The van der Waals surface area contributed by atoms with Crippen molar-refractivity contribution in [2.75, 3.05) is 13.1 Å². The van der Waals surface area contributed by atoms with Crippen LogP contribution >= 0.6 is 0 Å². The monoisotopic (exact) mass is 366 g/mol. The first-order valence-corrected chi connectivity index (χ1v) is 11.0. The largest absolute Gasteiger partial charge is 0.336 e. The van der Waals surface area contributed by atoms with E-state index in [4.69, 9.17) is 0 Å². The van der Waals surface area contributed by atoms with E-state index in [9.17, 15) is 9.59 Å². The third kappa shape index (κ3) is 5.99. The van der Waals surface area contributed by atoms with Crippen LogP contribution in [0.15, 0.2) is 0 Å². The molecule has 4 atom stereocenters. The van der Waals surface area contributed by atoms with Gasteiger partial charge in [-0.3, -0.25) is 9.59 Å². The first-order valence-electron chi connectivity index (χ1n) is 11.0. The van der Waals surface area contributed by atoms with Gasteiger partial charge in [-0.2, -0.15) is 0 Å². The van der Waals surface area contributed by atoms with Gasteiger partial charge < -0.3 is 9.80 Å². The van der Waals surface area contributed by atoms with Gasteiger partial charge >= 0.3 is 0 Å². The van der Waals surface area contributed by atoms with Gasteiger partial charge in [0.25, 0.3) is 0 Å². The molecule has 4 heteroatoms. The van der Waals surface area contributed by atoms with Crippen LogP contribution in [0.25, 0.3) is 0 Å². The number of carbonyl (C=O) groups excluding carboxylic acids is 2. The van der Waals surface area contributed by atoms with Crippen LogP contribution in [-0.2, 0) is 9.59 Å². The summed E-state index contributed by atoms with van der Waals surface area (Å²) in [6.07, 6.45) is 8.29. The maximum Gasteiger partial charge on any atom is 0.226 e. The van der Waals surface area contributed by atoms with Gasteiger partial charge in [0.15, 0.2) is 0 Å². The van der Waals surface area contributed by atoms with Crippen LogP contribution in [0.4, 0.5) is 0 Å². The highest BCUT2D eigenvalue weighted by Crippen LogP contribution is 2.25. The molecule has 1 saturated heterocycles. The van der Waals surface area contributed by atoms with E-state index in [-0.39, 0.29) is 23.9 Å². The molecule has 0 N–H and O–H groups in total. The van der Waals surface area contributed by atoms with Gasteiger partial charge in [-0.1, -0.05) is 53.4 Å². The third-order valence-electron chi connectivity index (χ3n) is 6.05. The quantitative estimate of drug-likeness (QED) is 0.553. The lowest BCUT2D eigenvalue weighted by Gasteiger charge is -2.46. The van der Waals surface area contributed by atoms with Crippen molar-refractivity contribution in [2.24, 2.45) is 11.8 Å². The molecule has 0 aliphatic carbocycles. The van der Waals surface area contributed by atoms with E-state index in [0.29, 0.717) is 24.9 Å². The molecule has 0 aromatic carbocycles. The van der Waals surface area contributed by atoms with Gasteiger partial charge in [0.1, 0.15) is 0 Å². The van der Waals surface area contributed by atoms with Gasteiger partial charge in [-0.05, 0) is 39.5 Å². The van der Waals surface area contributed by atoms with Crippen molar-refractivity contribution in [3.8, 4) is 0 Å². The predicted octanol–water partition coefficient (Wildman–Crippen LogP) is 4.87. The summed E-state index contributed by atoms with van der Waals surface area (Å²) in [5.41, 5.74) is 0. The number of rotatable bonds is 10. The standard InChI is InChI=1S/C22H42N2O2/c1-7-11-13-19(9-3)21(25)23-15-18(6)24(16-17(23)5)22(26)20(10-4)14-12-8-2/h17-20H,7-16H2,1-6H3/t17-,18+,19-,20-/m0/s1. The normalized spacial score (nSPS) is 23.0. The van der Waals surface area contributed by atoms with Crippen LogP contribution in [0.1, 0.15) is 92.9 Å². The fraction of sp³-hybridized carbons (Fsp3) is 0.909. The average Bonchev–Trinajstić information content (AvgIpc) is 2.64. The van der Waals surface area contributed by atoms with E-state index in [1.807, 2.05) is 9.80 Å². The Balaban J connectivity index is 2.76. The molecule has 0 spiro atoms. The molecular weight excluding hydrogens is 324 g/mol. The maximum absolute atomic E-state index is 13.0. The fourth-order valence-electron chi connectivity index (χ4n) is 4.12. The number of hydrogen-bond donors (Lipinski definition) is 0. The molecule has 1 rings (SSSR count). The van der Waals surface area contributed by atoms with E-state index in [0.717, 1.165) is 51.4 Å². The van der Waals surface area contributed by atoms with Gasteiger partial charge in [0, 0.05) is 37.0 Å². The zero-order valence-electron chi connectivity index (χ0n) is 18.1. The summed E-state index contributed by atoms with van der Waals surface area (Å²) in [5.74, 6) is 0.871. The van der Waals surface area contributed by atoms with Gasteiger partial charge in [-0.25, -0.2) is 0 Å². The number of carbonyl (C=O) groups is 2.